The van der Waals surface area contributed by atoms with Gasteiger partial charge in [-0.2, -0.15) is 5.10 Å². The monoisotopic (exact) mass is 462 g/mol. The minimum Gasteiger partial charge on any atom is -0.493 e. The van der Waals surface area contributed by atoms with Crippen LogP contribution in [-0.4, -0.2) is 60.5 Å². The summed E-state index contributed by atoms with van der Waals surface area (Å²) in [5.74, 6) is 1.10. The summed E-state index contributed by atoms with van der Waals surface area (Å²) >= 11 is 0. The van der Waals surface area contributed by atoms with E-state index in [0.717, 1.165) is 49.3 Å². The lowest BCUT2D eigenvalue weighted by atomic mass is 10.0. The Morgan fingerprint density at radius 2 is 1.79 bits per heavy atom. The van der Waals surface area contributed by atoms with E-state index in [1.165, 1.54) is 12.8 Å². The average Bonchev–Trinajstić information content (AvgIpc) is 3.34. The number of amides is 1. The summed E-state index contributed by atoms with van der Waals surface area (Å²) in [6.45, 7) is 5.40. The third-order valence-corrected chi connectivity index (χ3v) is 6.40. The number of para-hydroxylation sites is 1. The van der Waals surface area contributed by atoms with Crippen LogP contribution in [0.5, 0.6) is 11.5 Å². The second-order valence-corrected chi connectivity index (χ2v) is 8.68. The topological polar surface area (TPSA) is 68.6 Å². The number of unbranched alkanes of at least 4 members (excludes halogenated alkanes) is 1. The number of piperidine rings is 1. The normalized spacial score (nSPS) is 14.7. The molecule has 1 N–H and O–H groups in total. The predicted molar refractivity (Wildman–Crippen MR) is 134 cm³/mol. The van der Waals surface area contributed by atoms with Crippen LogP contribution >= 0.6 is 0 Å². The van der Waals surface area contributed by atoms with Gasteiger partial charge < -0.3 is 19.7 Å². The molecule has 0 aliphatic carbocycles. The molecule has 0 unspecified atom stereocenters. The minimum atomic E-state index is -0.147. The van der Waals surface area contributed by atoms with Crippen LogP contribution in [0.1, 0.15) is 43.1 Å². The summed E-state index contributed by atoms with van der Waals surface area (Å²) < 4.78 is 12.6. The SMILES string of the molecule is CCCCN1CCC(NC(=O)c2nn(-c3ccccc3)cc2-c2ccc(OC)c(OC)c2)CC1. The number of hydrogen-bond donors (Lipinski definition) is 1. The van der Waals surface area contributed by atoms with E-state index in [-0.39, 0.29) is 11.9 Å². The van der Waals surface area contributed by atoms with E-state index in [0.29, 0.717) is 17.2 Å². The van der Waals surface area contributed by atoms with E-state index in [1.807, 2.05) is 54.7 Å². The van der Waals surface area contributed by atoms with Gasteiger partial charge >= 0.3 is 0 Å². The molecule has 1 saturated heterocycles. The number of carbonyl (C=O) groups is 1. The zero-order chi connectivity index (χ0) is 23.9. The van der Waals surface area contributed by atoms with Crippen molar-refractivity contribution in [3.8, 4) is 28.3 Å². The van der Waals surface area contributed by atoms with Crippen LogP contribution in [0.25, 0.3) is 16.8 Å². The van der Waals surface area contributed by atoms with Crippen LogP contribution in [0, 0.1) is 0 Å². The molecular formula is C27H34N4O3. The Kier molecular flexibility index (Phi) is 7.85. The Bertz CT molecular complexity index is 1090. The predicted octanol–water partition coefficient (Wildman–Crippen LogP) is 4.55. The summed E-state index contributed by atoms with van der Waals surface area (Å²) in [5, 5.41) is 7.94. The molecule has 2 heterocycles. The number of aromatic nitrogens is 2. The van der Waals surface area contributed by atoms with Gasteiger partial charge in [-0.25, -0.2) is 4.68 Å². The first-order valence-corrected chi connectivity index (χ1v) is 12.0. The van der Waals surface area contributed by atoms with E-state index >= 15 is 0 Å². The molecule has 0 radical (unpaired) electrons. The molecular weight excluding hydrogens is 428 g/mol. The van der Waals surface area contributed by atoms with Gasteiger partial charge in [0, 0.05) is 30.9 Å². The molecule has 0 bridgehead atoms. The van der Waals surface area contributed by atoms with E-state index in [2.05, 4.69) is 17.1 Å². The fourth-order valence-corrected chi connectivity index (χ4v) is 4.41. The zero-order valence-electron chi connectivity index (χ0n) is 20.3. The number of carbonyl (C=O) groups excluding carboxylic acids is 1. The Hall–Kier alpha value is -3.32. The van der Waals surface area contributed by atoms with Crippen molar-refractivity contribution in [2.75, 3.05) is 33.9 Å². The largest absolute Gasteiger partial charge is 0.493 e. The molecule has 0 spiro atoms. The lowest BCUT2D eigenvalue weighted by Crippen LogP contribution is -2.45. The molecule has 7 nitrogen and oxygen atoms in total. The van der Waals surface area contributed by atoms with Crippen LogP contribution in [0.15, 0.2) is 54.7 Å². The maximum atomic E-state index is 13.4. The van der Waals surface area contributed by atoms with Crippen molar-refractivity contribution in [1.82, 2.24) is 20.0 Å². The van der Waals surface area contributed by atoms with Gasteiger partial charge in [-0.15, -0.1) is 0 Å². The number of rotatable bonds is 9. The van der Waals surface area contributed by atoms with Gasteiger partial charge in [0.25, 0.3) is 5.91 Å². The number of ether oxygens (including phenoxy) is 2. The quantitative estimate of drug-likeness (QED) is 0.505. The molecule has 1 aromatic heterocycles. The van der Waals surface area contributed by atoms with Gasteiger partial charge in [0.2, 0.25) is 0 Å². The highest BCUT2D eigenvalue weighted by Crippen LogP contribution is 2.34. The molecule has 1 amide bonds. The summed E-state index contributed by atoms with van der Waals surface area (Å²) in [6.07, 6.45) is 6.25. The van der Waals surface area contributed by atoms with Crippen molar-refractivity contribution in [3.05, 3.63) is 60.4 Å². The van der Waals surface area contributed by atoms with Crippen molar-refractivity contribution in [1.29, 1.82) is 0 Å². The summed E-state index contributed by atoms with van der Waals surface area (Å²) in [6, 6.07) is 15.6. The highest BCUT2D eigenvalue weighted by molar-refractivity contribution is 5.99. The maximum Gasteiger partial charge on any atom is 0.272 e. The number of nitrogens with one attached hydrogen (secondary N) is 1. The Balaban J connectivity index is 1.60. The smallest absolute Gasteiger partial charge is 0.272 e. The van der Waals surface area contributed by atoms with Crippen LogP contribution < -0.4 is 14.8 Å². The molecule has 3 aromatic rings. The standard InChI is InChI=1S/C27H34N4O3/c1-4-5-15-30-16-13-21(14-17-30)28-27(32)26-23(19-31(29-26)22-9-7-6-8-10-22)20-11-12-24(33-2)25(18-20)34-3/h6-12,18-19,21H,4-5,13-17H2,1-3H3,(H,28,32). The Morgan fingerprint density at radius 3 is 2.47 bits per heavy atom. The first-order valence-electron chi connectivity index (χ1n) is 12.0. The number of hydrogen-bond acceptors (Lipinski definition) is 5. The molecule has 0 atom stereocenters. The van der Waals surface area contributed by atoms with Crippen LogP contribution in [0.2, 0.25) is 0 Å². The van der Waals surface area contributed by atoms with Crippen LogP contribution in [0.3, 0.4) is 0 Å². The molecule has 0 saturated carbocycles. The molecule has 7 heteroatoms. The van der Waals surface area contributed by atoms with Gasteiger partial charge in [0.05, 0.1) is 19.9 Å². The van der Waals surface area contributed by atoms with Gasteiger partial charge in [0.1, 0.15) is 0 Å². The van der Waals surface area contributed by atoms with Crippen molar-refractivity contribution >= 4 is 5.91 Å². The molecule has 1 fully saturated rings. The lowest BCUT2D eigenvalue weighted by molar-refractivity contribution is 0.0906. The number of benzene rings is 2. The van der Waals surface area contributed by atoms with Crippen molar-refractivity contribution in [2.24, 2.45) is 0 Å². The summed E-state index contributed by atoms with van der Waals surface area (Å²) in [4.78, 5) is 15.9. The number of methoxy groups -OCH3 is 2. The van der Waals surface area contributed by atoms with E-state index in [4.69, 9.17) is 14.6 Å². The Morgan fingerprint density at radius 1 is 1.06 bits per heavy atom. The van der Waals surface area contributed by atoms with Gasteiger partial charge in [0.15, 0.2) is 17.2 Å². The molecule has 1 aliphatic rings. The summed E-state index contributed by atoms with van der Waals surface area (Å²) in [5.41, 5.74) is 2.90. The van der Waals surface area contributed by atoms with Gasteiger partial charge in [-0.05, 0) is 55.6 Å². The average molecular weight is 463 g/mol. The Labute approximate surface area is 201 Å². The second kappa shape index (κ2) is 11.2. The molecule has 1 aliphatic heterocycles. The van der Waals surface area contributed by atoms with Crippen molar-refractivity contribution in [2.45, 2.75) is 38.6 Å². The first-order chi connectivity index (χ1) is 16.6. The van der Waals surface area contributed by atoms with Crippen LogP contribution in [0.4, 0.5) is 0 Å². The first kappa shape index (κ1) is 23.8. The fourth-order valence-electron chi connectivity index (χ4n) is 4.41. The van der Waals surface area contributed by atoms with E-state index in [9.17, 15) is 4.79 Å². The second-order valence-electron chi connectivity index (χ2n) is 8.68. The lowest BCUT2D eigenvalue weighted by Gasteiger charge is -2.32. The molecule has 2 aromatic carbocycles. The van der Waals surface area contributed by atoms with Crippen molar-refractivity contribution in [3.63, 3.8) is 0 Å². The third-order valence-electron chi connectivity index (χ3n) is 6.40. The highest BCUT2D eigenvalue weighted by atomic mass is 16.5. The highest BCUT2D eigenvalue weighted by Gasteiger charge is 2.25. The molecule has 180 valence electrons. The molecule has 34 heavy (non-hydrogen) atoms. The maximum absolute atomic E-state index is 13.4. The van der Waals surface area contributed by atoms with Gasteiger partial charge in [-0.1, -0.05) is 37.6 Å². The van der Waals surface area contributed by atoms with E-state index in [1.54, 1.807) is 18.9 Å². The third kappa shape index (κ3) is 5.42. The van der Waals surface area contributed by atoms with Gasteiger partial charge in [-0.3, -0.25) is 4.79 Å². The van der Waals surface area contributed by atoms with E-state index < -0.39 is 0 Å². The summed E-state index contributed by atoms with van der Waals surface area (Å²) in [7, 11) is 3.22. The number of nitrogens with zero attached hydrogens (tertiary/aromatic N) is 3. The zero-order valence-corrected chi connectivity index (χ0v) is 20.3. The minimum absolute atomic E-state index is 0.147. The van der Waals surface area contributed by atoms with Crippen molar-refractivity contribution < 1.29 is 14.3 Å². The fraction of sp³-hybridized carbons (Fsp3) is 0.407. The number of likely N-dealkylation sites (tertiary alicyclic amines) is 1. The molecule has 4 rings (SSSR count). The van der Waals surface area contributed by atoms with Crippen LogP contribution in [-0.2, 0) is 0 Å².